The zero-order valence-corrected chi connectivity index (χ0v) is 9.00. The molecule has 0 radical (unpaired) electrons. The van der Waals surface area contributed by atoms with Crippen LogP contribution in [0.1, 0.15) is 0 Å². The summed E-state index contributed by atoms with van der Waals surface area (Å²) in [6.07, 6.45) is 0. The van der Waals surface area contributed by atoms with Crippen LogP contribution in [0.4, 0.5) is 0 Å². The summed E-state index contributed by atoms with van der Waals surface area (Å²) in [6, 6.07) is 9.85. The Kier molecular flexibility index (Phi) is 2.19. The van der Waals surface area contributed by atoms with E-state index >= 15 is 0 Å². The average Bonchev–Trinajstić information content (AvgIpc) is 2.07. The molecule has 0 saturated carbocycles. The Labute approximate surface area is 88.9 Å². The molecule has 2 aromatic rings. The van der Waals surface area contributed by atoms with Crippen LogP contribution < -0.4 is 0 Å². The lowest BCUT2D eigenvalue weighted by atomic mass is 10.2. The van der Waals surface area contributed by atoms with Gasteiger partial charge in [0, 0.05) is 8.96 Å². The highest BCUT2D eigenvalue weighted by atomic mass is 127. The lowest BCUT2D eigenvalue weighted by Gasteiger charge is -1.98. The molecule has 0 bridgehead atoms. The SMILES string of the molecule is Clc1ccc2cccc(I)c2n1. The van der Waals surface area contributed by atoms with Gasteiger partial charge >= 0.3 is 0 Å². The second-order valence-electron chi connectivity index (χ2n) is 2.45. The number of nitrogens with zero attached hydrogens (tertiary/aromatic N) is 1. The molecular formula is C9H5ClIN. The van der Waals surface area contributed by atoms with Crippen LogP contribution in [0.2, 0.25) is 5.15 Å². The van der Waals surface area contributed by atoms with Crippen LogP contribution in [0.5, 0.6) is 0 Å². The van der Waals surface area contributed by atoms with Gasteiger partial charge in [0.15, 0.2) is 0 Å². The number of halogens is 2. The molecule has 0 amide bonds. The molecule has 0 aliphatic heterocycles. The van der Waals surface area contributed by atoms with E-state index in [0.717, 1.165) is 14.5 Å². The van der Waals surface area contributed by atoms with Crippen molar-refractivity contribution in [2.75, 3.05) is 0 Å². The van der Waals surface area contributed by atoms with Gasteiger partial charge in [0.05, 0.1) is 5.52 Å². The van der Waals surface area contributed by atoms with Gasteiger partial charge in [0.2, 0.25) is 0 Å². The maximum absolute atomic E-state index is 5.78. The van der Waals surface area contributed by atoms with E-state index in [0.29, 0.717) is 5.15 Å². The summed E-state index contributed by atoms with van der Waals surface area (Å²) in [5.41, 5.74) is 0.977. The van der Waals surface area contributed by atoms with Gasteiger partial charge in [0.25, 0.3) is 0 Å². The molecule has 0 saturated heterocycles. The second kappa shape index (κ2) is 3.18. The van der Waals surface area contributed by atoms with Gasteiger partial charge in [-0.2, -0.15) is 0 Å². The third-order valence-corrected chi connectivity index (χ3v) is 2.72. The Morgan fingerprint density at radius 2 is 2.00 bits per heavy atom. The Morgan fingerprint density at radius 1 is 1.17 bits per heavy atom. The van der Waals surface area contributed by atoms with Crippen LogP contribution in [0.15, 0.2) is 30.3 Å². The van der Waals surface area contributed by atoms with Gasteiger partial charge in [-0.1, -0.05) is 23.7 Å². The molecule has 0 atom stereocenters. The molecule has 60 valence electrons. The first kappa shape index (κ1) is 8.26. The Hall–Kier alpha value is -0.350. The molecule has 3 heteroatoms. The normalized spacial score (nSPS) is 10.5. The molecule has 0 aliphatic carbocycles. The smallest absolute Gasteiger partial charge is 0.129 e. The molecule has 1 aromatic heterocycles. The molecule has 0 spiro atoms. The zero-order chi connectivity index (χ0) is 8.55. The lowest BCUT2D eigenvalue weighted by Crippen LogP contribution is -1.82. The Morgan fingerprint density at radius 3 is 2.83 bits per heavy atom. The minimum Gasteiger partial charge on any atom is -0.235 e. The second-order valence-corrected chi connectivity index (χ2v) is 3.99. The van der Waals surface area contributed by atoms with E-state index in [4.69, 9.17) is 11.6 Å². The van der Waals surface area contributed by atoms with Crippen molar-refractivity contribution in [1.29, 1.82) is 0 Å². The summed E-state index contributed by atoms with van der Waals surface area (Å²) in [6.45, 7) is 0. The topological polar surface area (TPSA) is 12.9 Å². The number of hydrogen-bond acceptors (Lipinski definition) is 1. The van der Waals surface area contributed by atoms with E-state index in [1.807, 2.05) is 24.3 Å². The molecule has 0 aliphatic rings. The van der Waals surface area contributed by atoms with Crippen LogP contribution >= 0.6 is 34.2 Å². The van der Waals surface area contributed by atoms with Crippen LogP contribution in [0.3, 0.4) is 0 Å². The number of fused-ring (bicyclic) bond motifs is 1. The van der Waals surface area contributed by atoms with Crippen molar-refractivity contribution in [2.45, 2.75) is 0 Å². The van der Waals surface area contributed by atoms with E-state index in [9.17, 15) is 0 Å². The van der Waals surface area contributed by atoms with Gasteiger partial charge < -0.3 is 0 Å². The van der Waals surface area contributed by atoms with Crippen molar-refractivity contribution in [3.05, 3.63) is 39.1 Å². The minimum atomic E-state index is 0.548. The summed E-state index contributed by atoms with van der Waals surface area (Å²) in [5, 5.41) is 1.68. The van der Waals surface area contributed by atoms with Crippen LogP contribution in [0, 0.1) is 3.57 Å². The van der Waals surface area contributed by atoms with Crippen molar-refractivity contribution in [1.82, 2.24) is 4.98 Å². The van der Waals surface area contributed by atoms with Crippen LogP contribution in [0.25, 0.3) is 10.9 Å². The van der Waals surface area contributed by atoms with Crippen molar-refractivity contribution >= 4 is 45.1 Å². The first-order valence-electron chi connectivity index (χ1n) is 3.48. The Balaban J connectivity index is 2.88. The fraction of sp³-hybridized carbons (Fsp3) is 0. The van der Waals surface area contributed by atoms with E-state index in [1.54, 1.807) is 6.07 Å². The summed E-state index contributed by atoms with van der Waals surface area (Å²) in [5.74, 6) is 0. The monoisotopic (exact) mass is 289 g/mol. The maximum atomic E-state index is 5.78. The molecular weight excluding hydrogens is 284 g/mol. The zero-order valence-electron chi connectivity index (χ0n) is 6.09. The largest absolute Gasteiger partial charge is 0.235 e. The predicted molar refractivity (Wildman–Crippen MR) is 59.5 cm³/mol. The van der Waals surface area contributed by atoms with E-state index in [2.05, 4.69) is 27.6 Å². The molecule has 1 aromatic carbocycles. The number of para-hydroxylation sites is 1. The molecule has 1 heterocycles. The number of hydrogen-bond donors (Lipinski definition) is 0. The highest BCUT2D eigenvalue weighted by Gasteiger charge is 1.98. The summed E-state index contributed by atoms with van der Waals surface area (Å²) < 4.78 is 1.13. The van der Waals surface area contributed by atoms with Crippen LogP contribution in [-0.4, -0.2) is 4.98 Å². The number of pyridine rings is 1. The fourth-order valence-electron chi connectivity index (χ4n) is 1.09. The number of aromatic nitrogens is 1. The molecule has 0 unspecified atom stereocenters. The molecule has 0 fully saturated rings. The Bertz CT molecular complexity index is 428. The first-order chi connectivity index (χ1) is 5.77. The van der Waals surface area contributed by atoms with Crippen molar-refractivity contribution in [3.8, 4) is 0 Å². The molecule has 0 N–H and O–H groups in total. The summed E-state index contributed by atoms with van der Waals surface area (Å²) >= 11 is 8.03. The minimum absolute atomic E-state index is 0.548. The van der Waals surface area contributed by atoms with E-state index < -0.39 is 0 Å². The van der Waals surface area contributed by atoms with Gasteiger partial charge in [-0.25, -0.2) is 4.98 Å². The average molecular weight is 290 g/mol. The van der Waals surface area contributed by atoms with Gasteiger partial charge in [-0.15, -0.1) is 0 Å². The number of rotatable bonds is 0. The fourth-order valence-corrected chi connectivity index (χ4v) is 1.87. The standard InChI is InChI=1S/C9H5ClIN/c10-8-5-4-6-2-1-3-7(11)9(6)12-8/h1-5H. The third kappa shape index (κ3) is 1.41. The highest BCUT2D eigenvalue weighted by Crippen LogP contribution is 2.20. The predicted octanol–water partition coefficient (Wildman–Crippen LogP) is 3.49. The van der Waals surface area contributed by atoms with E-state index in [1.165, 1.54) is 0 Å². The highest BCUT2D eigenvalue weighted by molar-refractivity contribution is 14.1. The van der Waals surface area contributed by atoms with Crippen LogP contribution in [-0.2, 0) is 0 Å². The first-order valence-corrected chi connectivity index (χ1v) is 4.94. The van der Waals surface area contributed by atoms with E-state index in [-0.39, 0.29) is 0 Å². The third-order valence-electron chi connectivity index (χ3n) is 1.64. The van der Waals surface area contributed by atoms with Gasteiger partial charge in [-0.05, 0) is 40.8 Å². The molecule has 12 heavy (non-hydrogen) atoms. The van der Waals surface area contributed by atoms with Gasteiger partial charge in [-0.3, -0.25) is 0 Å². The summed E-state index contributed by atoms with van der Waals surface area (Å²) in [7, 11) is 0. The molecule has 2 rings (SSSR count). The van der Waals surface area contributed by atoms with Gasteiger partial charge in [0.1, 0.15) is 5.15 Å². The maximum Gasteiger partial charge on any atom is 0.129 e. The quantitative estimate of drug-likeness (QED) is 0.534. The summed E-state index contributed by atoms with van der Waals surface area (Å²) in [4.78, 5) is 4.23. The molecule has 1 nitrogen and oxygen atoms in total. The van der Waals surface area contributed by atoms with Crippen molar-refractivity contribution in [3.63, 3.8) is 0 Å². The van der Waals surface area contributed by atoms with Crippen molar-refractivity contribution in [2.24, 2.45) is 0 Å². The lowest BCUT2D eigenvalue weighted by molar-refractivity contribution is 1.40. The van der Waals surface area contributed by atoms with Crippen molar-refractivity contribution < 1.29 is 0 Å². The number of benzene rings is 1.